The monoisotopic (exact) mass is 365 g/mol. The summed E-state index contributed by atoms with van der Waals surface area (Å²) in [6.45, 7) is 2.68. The van der Waals surface area contributed by atoms with Crippen LogP contribution in [0.25, 0.3) is 16.9 Å². The van der Waals surface area contributed by atoms with Gasteiger partial charge >= 0.3 is 0 Å². The van der Waals surface area contributed by atoms with Crippen molar-refractivity contribution in [2.75, 3.05) is 11.9 Å². The van der Waals surface area contributed by atoms with Crippen molar-refractivity contribution >= 4 is 29.0 Å². The first kappa shape index (κ1) is 16.7. The van der Waals surface area contributed by atoms with Crippen molar-refractivity contribution in [2.45, 2.75) is 13.3 Å². The molecule has 124 valence electrons. The Bertz CT molecular complexity index is 832. The van der Waals surface area contributed by atoms with Crippen molar-refractivity contribution in [2.24, 2.45) is 0 Å². The number of nitrogens with one attached hydrogen (secondary N) is 1. The van der Waals surface area contributed by atoms with E-state index in [1.54, 1.807) is 18.2 Å². The van der Waals surface area contributed by atoms with Gasteiger partial charge in [-0.05, 0) is 18.6 Å². The summed E-state index contributed by atoms with van der Waals surface area (Å²) in [5, 5.41) is 7.81. The van der Waals surface area contributed by atoms with Gasteiger partial charge in [-0.3, -0.25) is 0 Å². The topological polar surface area (TPSA) is 55.6 Å². The van der Waals surface area contributed by atoms with E-state index >= 15 is 0 Å². The van der Waals surface area contributed by atoms with Gasteiger partial charge in [0.2, 0.25) is 0 Å². The molecule has 3 aromatic rings. The van der Waals surface area contributed by atoms with Crippen molar-refractivity contribution in [3.8, 4) is 16.9 Å². The number of nitrogens with zero attached hydrogens (tertiary/aromatic N) is 4. The van der Waals surface area contributed by atoms with Crippen LogP contribution in [0.1, 0.15) is 13.3 Å². The Balaban J connectivity index is 2.21. The first-order chi connectivity index (χ1) is 11.6. The predicted octanol–water partition coefficient (Wildman–Crippen LogP) is 4.60. The van der Waals surface area contributed by atoms with Crippen LogP contribution < -0.4 is 5.32 Å². The minimum atomic E-state index is -0.459. The molecule has 0 saturated heterocycles. The van der Waals surface area contributed by atoms with Crippen LogP contribution >= 0.6 is 23.2 Å². The van der Waals surface area contributed by atoms with Crippen molar-refractivity contribution in [3.63, 3.8) is 0 Å². The second kappa shape index (κ2) is 7.15. The van der Waals surface area contributed by atoms with Gasteiger partial charge in [0.05, 0.1) is 10.0 Å². The Morgan fingerprint density at radius 1 is 1.21 bits per heavy atom. The standard InChI is InChI=1S/C16H14Cl2FN5/c1-2-6-21-16-15(14-10(17)4-3-5-12(14)19)11(18)7-13(23-16)24-9-20-8-22-24/h3-5,7-9H,2,6H2,1H3,(H,21,23). The third-order valence-corrected chi connectivity index (χ3v) is 3.98. The zero-order chi connectivity index (χ0) is 17.1. The summed E-state index contributed by atoms with van der Waals surface area (Å²) in [5.74, 6) is 0.466. The molecule has 3 rings (SSSR count). The van der Waals surface area contributed by atoms with Crippen LogP contribution in [-0.2, 0) is 0 Å². The molecule has 1 aromatic carbocycles. The average Bonchev–Trinajstić information content (AvgIpc) is 3.08. The van der Waals surface area contributed by atoms with Gasteiger partial charge in [-0.2, -0.15) is 5.10 Å². The average molecular weight is 366 g/mol. The number of pyridine rings is 1. The van der Waals surface area contributed by atoms with Crippen LogP contribution in [0.2, 0.25) is 10.0 Å². The number of benzene rings is 1. The van der Waals surface area contributed by atoms with E-state index in [9.17, 15) is 4.39 Å². The fourth-order valence-electron chi connectivity index (χ4n) is 2.29. The van der Waals surface area contributed by atoms with Crippen LogP contribution in [0.15, 0.2) is 36.9 Å². The largest absolute Gasteiger partial charge is 0.369 e. The molecule has 0 amide bonds. The van der Waals surface area contributed by atoms with Crippen LogP contribution in [0.3, 0.4) is 0 Å². The van der Waals surface area contributed by atoms with Gasteiger partial charge in [-0.1, -0.05) is 36.2 Å². The number of aromatic nitrogens is 4. The molecule has 0 aliphatic rings. The second-order valence-electron chi connectivity index (χ2n) is 5.05. The van der Waals surface area contributed by atoms with Crippen molar-refractivity contribution in [1.82, 2.24) is 19.7 Å². The molecule has 0 bridgehead atoms. The Labute approximate surface area is 148 Å². The van der Waals surface area contributed by atoms with E-state index in [0.29, 0.717) is 28.8 Å². The van der Waals surface area contributed by atoms with Crippen LogP contribution in [-0.4, -0.2) is 26.3 Å². The van der Waals surface area contributed by atoms with Gasteiger partial charge in [0.1, 0.15) is 24.3 Å². The molecule has 8 heteroatoms. The molecular weight excluding hydrogens is 352 g/mol. The Morgan fingerprint density at radius 2 is 2.04 bits per heavy atom. The highest BCUT2D eigenvalue weighted by molar-refractivity contribution is 6.37. The molecule has 0 spiro atoms. The van der Waals surface area contributed by atoms with Gasteiger partial charge < -0.3 is 5.32 Å². The smallest absolute Gasteiger partial charge is 0.159 e. The minimum absolute atomic E-state index is 0.223. The SMILES string of the molecule is CCCNc1nc(-n2cncn2)cc(Cl)c1-c1c(F)cccc1Cl. The summed E-state index contributed by atoms with van der Waals surface area (Å²) in [7, 11) is 0. The molecule has 0 fully saturated rings. The molecule has 2 heterocycles. The van der Waals surface area contributed by atoms with Crippen molar-refractivity contribution < 1.29 is 4.39 Å². The molecule has 0 aliphatic carbocycles. The molecule has 5 nitrogen and oxygen atoms in total. The van der Waals surface area contributed by atoms with Gasteiger partial charge in [-0.25, -0.2) is 19.0 Å². The van der Waals surface area contributed by atoms with E-state index in [-0.39, 0.29) is 10.6 Å². The summed E-state index contributed by atoms with van der Waals surface area (Å²) in [4.78, 5) is 8.41. The Hall–Kier alpha value is -2.18. The van der Waals surface area contributed by atoms with Crippen molar-refractivity contribution in [1.29, 1.82) is 0 Å². The molecule has 0 saturated carbocycles. The first-order valence-corrected chi connectivity index (χ1v) is 8.11. The second-order valence-corrected chi connectivity index (χ2v) is 5.86. The lowest BCUT2D eigenvalue weighted by atomic mass is 10.1. The maximum atomic E-state index is 14.4. The number of anilines is 1. The van der Waals surface area contributed by atoms with E-state index in [0.717, 1.165) is 6.42 Å². The molecule has 24 heavy (non-hydrogen) atoms. The highest BCUT2D eigenvalue weighted by Gasteiger charge is 2.20. The van der Waals surface area contributed by atoms with Crippen LogP contribution in [0.4, 0.5) is 10.2 Å². The predicted molar refractivity (Wildman–Crippen MR) is 93.3 cm³/mol. The van der Waals surface area contributed by atoms with Gasteiger partial charge in [0.25, 0.3) is 0 Å². The molecule has 2 aromatic heterocycles. The van der Waals surface area contributed by atoms with Gasteiger partial charge in [-0.15, -0.1) is 0 Å². The summed E-state index contributed by atoms with van der Waals surface area (Å²) >= 11 is 12.6. The lowest BCUT2D eigenvalue weighted by Gasteiger charge is -2.16. The van der Waals surface area contributed by atoms with Crippen LogP contribution in [0.5, 0.6) is 0 Å². The Kier molecular flexibility index (Phi) is 4.97. The molecule has 0 aliphatic heterocycles. The number of hydrogen-bond acceptors (Lipinski definition) is 4. The van der Waals surface area contributed by atoms with Gasteiger partial charge in [0, 0.05) is 23.7 Å². The fourth-order valence-corrected chi connectivity index (χ4v) is 2.83. The lowest BCUT2D eigenvalue weighted by Crippen LogP contribution is -2.08. The van der Waals surface area contributed by atoms with Crippen molar-refractivity contribution in [3.05, 3.63) is 52.8 Å². The zero-order valence-corrected chi connectivity index (χ0v) is 14.3. The summed E-state index contributed by atoms with van der Waals surface area (Å²) < 4.78 is 15.8. The molecule has 0 unspecified atom stereocenters. The van der Waals surface area contributed by atoms with E-state index in [1.165, 1.54) is 23.4 Å². The maximum Gasteiger partial charge on any atom is 0.159 e. The number of rotatable bonds is 5. The summed E-state index contributed by atoms with van der Waals surface area (Å²) in [6.07, 6.45) is 3.78. The minimum Gasteiger partial charge on any atom is -0.369 e. The third kappa shape index (κ3) is 3.20. The highest BCUT2D eigenvalue weighted by atomic mass is 35.5. The molecule has 0 atom stereocenters. The fraction of sp³-hybridized carbons (Fsp3) is 0.188. The summed E-state index contributed by atoms with van der Waals surface area (Å²) in [5.41, 5.74) is 0.650. The molecule has 0 radical (unpaired) electrons. The number of hydrogen-bond donors (Lipinski definition) is 1. The number of halogens is 3. The lowest BCUT2D eigenvalue weighted by molar-refractivity contribution is 0.631. The quantitative estimate of drug-likeness (QED) is 0.717. The first-order valence-electron chi connectivity index (χ1n) is 7.35. The zero-order valence-electron chi connectivity index (χ0n) is 12.8. The van der Waals surface area contributed by atoms with E-state index in [4.69, 9.17) is 23.2 Å². The highest BCUT2D eigenvalue weighted by Crippen LogP contribution is 2.40. The van der Waals surface area contributed by atoms with Crippen LogP contribution in [0, 0.1) is 5.82 Å². The third-order valence-electron chi connectivity index (χ3n) is 3.37. The molecular formula is C16H14Cl2FN5. The van der Waals surface area contributed by atoms with Gasteiger partial charge in [0.15, 0.2) is 5.82 Å². The maximum absolute atomic E-state index is 14.4. The normalized spacial score (nSPS) is 10.8. The van der Waals surface area contributed by atoms with E-state index in [1.807, 2.05) is 6.92 Å². The Morgan fingerprint density at radius 3 is 2.71 bits per heavy atom. The van der Waals surface area contributed by atoms with E-state index < -0.39 is 5.82 Å². The van der Waals surface area contributed by atoms with E-state index in [2.05, 4.69) is 20.4 Å². The molecule has 1 N–H and O–H groups in total. The summed E-state index contributed by atoms with van der Waals surface area (Å²) in [6, 6.07) is 6.11.